The highest BCUT2D eigenvalue weighted by Crippen LogP contribution is 2.25. The third-order valence-electron chi connectivity index (χ3n) is 1.84. The number of rotatable bonds is 1. The Kier molecular flexibility index (Phi) is 2.20. The molecule has 0 aliphatic carbocycles. The largest absolute Gasteiger partial charge is 0.329 e. The van der Waals surface area contributed by atoms with Crippen molar-refractivity contribution in [2.75, 3.05) is 11.4 Å². The van der Waals surface area contributed by atoms with Crippen LogP contribution in [0.25, 0.3) is 0 Å². The molecular formula is C8H6BrN3O2. The number of carbonyl (C=O) groups excluding carboxylic acids is 2. The van der Waals surface area contributed by atoms with Gasteiger partial charge in [-0.3, -0.25) is 9.78 Å². The van der Waals surface area contributed by atoms with Crippen molar-refractivity contribution in [2.24, 2.45) is 0 Å². The van der Waals surface area contributed by atoms with Crippen molar-refractivity contribution in [3.05, 3.63) is 22.9 Å². The Hall–Kier alpha value is -1.43. The van der Waals surface area contributed by atoms with Gasteiger partial charge < -0.3 is 5.32 Å². The van der Waals surface area contributed by atoms with Gasteiger partial charge in [0.15, 0.2) is 0 Å². The quantitative estimate of drug-likeness (QED) is 0.759. The van der Waals surface area contributed by atoms with Gasteiger partial charge in [0.25, 0.3) is 5.91 Å². The van der Waals surface area contributed by atoms with Crippen molar-refractivity contribution in [1.29, 1.82) is 0 Å². The number of imide groups is 1. The second-order valence-electron chi connectivity index (χ2n) is 2.71. The van der Waals surface area contributed by atoms with E-state index in [-0.39, 0.29) is 12.5 Å². The Balaban J connectivity index is 2.44. The lowest BCUT2D eigenvalue weighted by Crippen LogP contribution is -2.30. The average Bonchev–Trinajstić information content (AvgIpc) is 2.48. The van der Waals surface area contributed by atoms with Crippen molar-refractivity contribution in [1.82, 2.24) is 10.3 Å². The smallest absolute Gasteiger partial charge is 0.328 e. The fourth-order valence-corrected chi connectivity index (χ4v) is 1.64. The minimum Gasteiger partial charge on any atom is -0.328 e. The lowest BCUT2D eigenvalue weighted by atomic mass is 10.3. The summed E-state index contributed by atoms with van der Waals surface area (Å²) >= 11 is 3.22. The van der Waals surface area contributed by atoms with E-state index >= 15 is 0 Å². The molecular weight excluding hydrogens is 250 g/mol. The maximum Gasteiger partial charge on any atom is 0.329 e. The molecule has 2 heterocycles. The van der Waals surface area contributed by atoms with Crippen molar-refractivity contribution in [3.63, 3.8) is 0 Å². The fraction of sp³-hybridized carbons (Fsp3) is 0.125. The van der Waals surface area contributed by atoms with Gasteiger partial charge in [-0.25, -0.2) is 9.69 Å². The number of aromatic nitrogens is 1. The number of anilines is 1. The van der Waals surface area contributed by atoms with E-state index in [1.165, 1.54) is 12.4 Å². The van der Waals surface area contributed by atoms with E-state index in [1.54, 1.807) is 6.07 Å². The van der Waals surface area contributed by atoms with E-state index in [4.69, 9.17) is 0 Å². The molecule has 0 bridgehead atoms. The fourth-order valence-electron chi connectivity index (χ4n) is 1.22. The molecule has 0 saturated carbocycles. The molecule has 0 unspecified atom stereocenters. The SMILES string of the molecule is O=C1CNC(=O)N1c1ccncc1Br. The summed E-state index contributed by atoms with van der Waals surface area (Å²) in [7, 11) is 0. The lowest BCUT2D eigenvalue weighted by molar-refractivity contribution is -0.115. The third kappa shape index (κ3) is 1.37. The molecule has 1 aromatic rings. The summed E-state index contributed by atoms with van der Waals surface area (Å²) in [5.74, 6) is -0.262. The van der Waals surface area contributed by atoms with Crippen LogP contribution in [-0.2, 0) is 4.79 Å². The highest BCUT2D eigenvalue weighted by atomic mass is 79.9. The zero-order chi connectivity index (χ0) is 10.1. The van der Waals surface area contributed by atoms with Gasteiger partial charge in [0.2, 0.25) is 0 Å². The first-order valence-electron chi connectivity index (χ1n) is 3.90. The second kappa shape index (κ2) is 3.38. The monoisotopic (exact) mass is 255 g/mol. The van der Waals surface area contributed by atoms with E-state index in [2.05, 4.69) is 26.2 Å². The second-order valence-corrected chi connectivity index (χ2v) is 3.57. The molecule has 1 N–H and O–H groups in total. The van der Waals surface area contributed by atoms with E-state index in [9.17, 15) is 9.59 Å². The molecule has 0 radical (unpaired) electrons. The third-order valence-corrected chi connectivity index (χ3v) is 2.45. The Bertz CT molecular complexity index is 391. The minimum absolute atomic E-state index is 0.0492. The van der Waals surface area contributed by atoms with Gasteiger partial charge in [-0.15, -0.1) is 0 Å². The number of hydrogen-bond acceptors (Lipinski definition) is 3. The van der Waals surface area contributed by atoms with Crippen LogP contribution >= 0.6 is 15.9 Å². The summed E-state index contributed by atoms with van der Waals surface area (Å²) in [6.07, 6.45) is 3.06. The van der Waals surface area contributed by atoms with E-state index < -0.39 is 6.03 Å². The van der Waals surface area contributed by atoms with Crippen LogP contribution in [0.4, 0.5) is 10.5 Å². The summed E-state index contributed by atoms with van der Waals surface area (Å²) in [6, 6.07) is 1.20. The summed E-state index contributed by atoms with van der Waals surface area (Å²) in [5, 5.41) is 2.44. The average molecular weight is 256 g/mol. The zero-order valence-corrected chi connectivity index (χ0v) is 8.61. The highest BCUT2D eigenvalue weighted by Gasteiger charge is 2.31. The zero-order valence-electron chi connectivity index (χ0n) is 7.03. The molecule has 1 aliphatic heterocycles. The van der Waals surface area contributed by atoms with Gasteiger partial charge in [-0.05, 0) is 22.0 Å². The molecule has 1 fully saturated rings. The number of nitrogens with one attached hydrogen (secondary N) is 1. The van der Waals surface area contributed by atoms with Gasteiger partial charge in [-0.2, -0.15) is 0 Å². The van der Waals surface area contributed by atoms with Crippen molar-refractivity contribution in [2.45, 2.75) is 0 Å². The predicted octanol–water partition coefficient (Wildman–Crippen LogP) is 0.900. The highest BCUT2D eigenvalue weighted by molar-refractivity contribution is 9.10. The molecule has 1 saturated heterocycles. The number of hydrogen-bond donors (Lipinski definition) is 1. The molecule has 3 amide bonds. The van der Waals surface area contributed by atoms with Gasteiger partial charge in [-0.1, -0.05) is 0 Å². The first kappa shape index (κ1) is 9.14. The maximum atomic E-state index is 11.3. The van der Waals surface area contributed by atoms with Gasteiger partial charge in [0.05, 0.1) is 16.7 Å². The molecule has 2 rings (SSSR count). The predicted molar refractivity (Wildman–Crippen MR) is 52.8 cm³/mol. The van der Waals surface area contributed by atoms with Crippen LogP contribution < -0.4 is 10.2 Å². The molecule has 1 aliphatic rings. The maximum absolute atomic E-state index is 11.3. The normalized spacial score (nSPS) is 15.9. The summed E-state index contributed by atoms with van der Waals surface area (Å²) in [4.78, 5) is 27.6. The van der Waals surface area contributed by atoms with Crippen LogP contribution in [0, 0.1) is 0 Å². The Morgan fingerprint density at radius 3 is 2.86 bits per heavy atom. The molecule has 1 aromatic heterocycles. The van der Waals surface area contributed by atoms with Crippen LogP contribution in [0.1, 0.15) is 0 Å². The van der Waals surface area contributed by atoms with Gasteiger partial charge in [0, 0.05) is 12.4 Å². The topological polar surface area (TPSA) is 62.3 Å². The van der Waals surface area contributed by atoms with Crippen molar-refractivity contribution >= 4 is 33.6 Å². The number of amides is 3. The molecule has 0 aromatic carbocycles. The van der Waals surface area contributed by atoms with E-state index in [0.29, 0.717) is 10.2 Å². The van der Waals surface area contributed by atoms with E-state index in [1.807, 2.05) is 0 Å². The summed E-state index contributed by atoms with van der Waals surface area (Å²) < 4.78 is 0.616. The van der Waals surface area contributed by atoms with Crippen LogP contribution in [0.15, 0.2) is 22.9 Å². The van der Waals surface area contributed by atoms with Crippen LogP contribution in [0.5, 0.6) is 0 Å². The Labute approximate surface area is 88.2 Å². The van der Waals surface area contributed by atoms with Crippen molar-refractivity contribution in [3.8, 4) is 0 Å². The molecule has 14 heavy (non-hydrogen) atoms. The lowest BCUT2D eigenvalue weighted by Gasteiger charge is -2.13. The summed E-state index contributed by atoms with van der Waals surface area (Å²) in [6.45, 7) is 0.0492. The Morgan fingerprint density at radius 2 is 2.29 bits per heavy atom. The number of urea groups is 1. The van der Waals surface area contributed by atoms with Crippen LogP contribution in [0.2, 0.25) is 0 Å². The molecule has 6 heteroatoms. The van der Waals surface area contributed by atoms with Gasteiger partial charge in [0.1, 0.15) is 0 Å². The molecule has 5 nitrogen and oxygen atoms in total. The number of pyridine rings is 1. The first-order valence-corrected chi connectivity index (χ1v) is 4.70. The molecule has 0 atom stereocenters. The minimum atomic E-state index is -0.401. The van der Waals surface area contributed by atoms with Crippen molar-refractivity contribution < 1.29 is 9.59 Å². The Morgan fingerprint density at radius 1 is 1.50 bits per heavy atom. The van der Waals surface area contributed by atoms with Gasteiger partial charge >= 0.3 is 6.03 Å². The number of nitrogens with zero attached hydrogens (tertiary/aromatic N) is 2. The first-order chi connectivity index (χ1) is 6.70. The van der Waals surface area contributed by atoms with Crippen LogP contribution in [-0.4, -0.2) is 23.5 Å². The number of carbonyl (C=O) groups is 2. The number of halogens is 1. The standard InChI is InChI=1S/C8H6BrN3O2/c9-5-3-10-2-1-6(5)12-7(13)4-11-8(12)14/h1-3H,4H2,(H,11,14). The summed E-state index contributed by atoms with van der Waals surface area (Å²) in [5.41, 5.74) is 0.514. The van der Waals surface area contributed by atoms with E-state index in [0.717, 1.165) is 4.90 Å². The van der Waals surface area contributed by atoms with Crippen LogP contribution in [0.3, 0.4) is 0 Å². The molecule has 0 spiro atoms. The molecule has 72 valence electrons.